The molecule has 1 atom stereocenters. The summed E-state index contributed by atoms with van der Waals surface area (Å²) in [4.78, 5) is 24.3. The second kappa shape index (κ2) is 10.3. The maximum atomic E-state index is 12.1. The van der Waals surface area contributed by atoms with Crippen LogP contribution in [0.4, 0.5) is 0 Å². The SMILES string of the molecule is COc1ccccc1OCCNC(=O)COC(=O)c1ccccc1[S@](C)=O. The molecule has 0 heterocycles. The fraction of sp³-hybridized carbons (Fsp3) is 0.263. The average molecular weight is 391 g/mol. The lowest BCUT2D eigenvalue weighted by atomic mass is 10.2. The van der Waals surface area contributed by atoms with E-state index in [1.54, 1.807) is 37.4 Å². The van der Waals surface area contributed by atoms with Crippen LogP contribution < -0.4 is 14.8 Å². The van der Waals surface area contributed by atoms with Gasteiger partial charge in [-0.15, -0.1) is 0 Å². The topological polar surface area (TPSA) is 90.9 Å². The van der Waals surface area contributed by atoms with Crippen LogP contribution in [0.1, 0.15) is 10.4 Å². The highest BCUT2D eigenvalue weighted by atomic mass is 32.2. The Bertz CT molecular complexity index is 823. The summed E-state index contributed by atoms with van der Waals surface area (Å²) in [5.41, 5.74) is 0.186. The van der Waals surface area contributed by atoms with Gasteiger partial charge in [0, 0.05) is 6.26 Å². The first-order valence-corrected chi connectivity index (χ1v) is 9.71. The lowest BCUT2D eigenvalue weighted by molar-refractivity contribution is -0.124. The predicted molar refractivity (Wildman–Crippen MR) is 101 cm³/mol. The van der Waals surface area contributed by atoms with E-state index >= 15 is 0 Å². The minimum absolute atomic E-state index is 0.186. The Morgan fingerprint density at radius 1 is 1.04 bits per heavy atom. The molecule has 2 aromatic rings. The molecule has 0 aliphatic heterocycles. The number of nitrogens with one attached hydrogen (secondary N) is 1. The standard InChI is InChI=1S/C19H21NO6S/c1-24-15-8-4-5-9-16(15)25-12-11-20-18(21)13-26-19(22)14-7-3-6-10-17(14)27(2)23/h3-10H,11-13H2,1-2H3,(H,20,21)/t27-/m0/s1. The second-order valence-electron chi connectivity index (χ2n) is 5.38. The number of carbonyl (C=O) groups is 2. The molecule has 0 saturated carbocycles. The van der Waals surface area contributed by atoms with E-state index in [1.807, 2.05) is 12.1 Å². The maximum absolute atomic E-state index is 12.1. The summed E-state index contributed by atoms with van der Waals surface area (Å²) in [5, 5.41) is 2.59. The van der Waals surface area contributed by atoms with Crippen molar-refractivity contribution in [3.05, 3.63) is 54.1 Å². The van der Waals surface area contributed by atoms with E-state index in [-0.39, 0.29) is 18.7 Å². The van der Waals surface area contributed by atoms with E-state index < -0.39 is 29.3 Å². The van der Waals surface area contributed by atoms with Gasteiger partial charge in [-0.3, -0.25) is 9.00 Å². The Hall–Kier alpha value is -2.87. The molecule has 7 nitrogen and oxygen atoms in total. The highest BCUT2D eigenvalue weighted by Crippen LogP contribution is 2.25. The van der Waals surface area contributed by atoms with Gasteiger partial charge >= 0.3 is 5.97 Å². The summed E-state index contributed by atoms with van der Waals surface area (Å²) in [6, 6.07) is 13.6. The second-order valence-corrected chi connectivity index (χ2v) is 6.72. The number of amides is 1. The highest BCUT2D eigenvalue weighted by Gasteiger charge is 2.16. The molecule has 0 saturated heterocycles. The summed E-state index contributed by atoms with van der Waals surface area (Å²) < 4.78 is 27.3. The third-order valence-corrected chi connectivity index (χ3v) is 4.48. The molecular formula is C19H21NO6S. The number of esters is 1. The van der Waals surface area contributed by atoms with E-state index in [2.05, 4.69) is 5.32 Å². The van der Waals surface area contributed by atoms with Crippen molar-refractivity contribution < 1.29 is 28.0 Å². The lowest BCUT2D eigenvalue weighted by Crippen LogP contribution is -2.32. The first kappa shape index (κ1) is 20.4. The summed E-state index contributed by atoms with van der Waals surface area (Å²) in [5.74, 6) is 0.0258. The number of para-hydroxylation sites is 2. The number of methoxy groups -OCH3 is 1. The number of hydrogen-bond acceptors (Lipinski definition) is 6. The molecule has 1 N–H and O–H groups in total. The molecule has 1 amide bonds. The van der Waals surface area contributed by atoms with Crippen LogP contribution in [0.2, 0.25) is 0 Å². The Morgan fingerprint density at radius 3 is 2.41 bits per heavy atom. The largest absolute Gasteiger partial charge is 0.493 e. The smallest absolute Gasteiger partial charge is 0.339 e. The molecule has 144 valence electrons. The van der Waals surface area contributed by atoms with Crippen molar-refractivity contribution in [3.63, 3.8) is 0 Å². The van der Waals surface area contributed by atoms with Gasteiger partial charge in [0.15, 0.2) is 18.1 Å². The van der Waals surface area contributed by atoms with E-state index in [4.69, 9.17) is 14.2 Å². The van der Waals surface area contributed by atoms with Crippen molar-refractivity contribution in [3.8, 4) is 11.5 Å². The predicted octanol–water partition coefficient (Wildman–Crippen LogP) is 1.78. The third kappa shape index (κ3) is 6.10. The van der Waals surface area contributed by atoms with Gasteiger partial charge in [-0.25, -0.2) is 4.79 Å². The fourth-order valence-electron chi connectivity index (χ4n) is 2.24. The number of rotatable bonds is 9. The Kier molecular flexibility index (Phi) is 7.81. The molecule has 8 heteroatoms. The number of ether oxygens (including phenoxy) is 3. The Morgan fingerprint density at radius 2 is 1.70 bits per heavy atom. The monoisotopic (exact) mass is 391 g/mol. The number of hydrogen-bond donors (Lipinski definition) is 1. The van der Waals surface area contributed by atoms with Crippen molar-refractivity contribution in [2.75, 3.05) is 33.1 Å². The first-order valence-electron chi connectivity index (χ1n) is 8.15. The van der Waals surface area contributed by atoms with Crippen molar-refractivity contribution in [2.45, 2.75) is 4.90 Å². The zero-order chi connectivity index (χ0) is 19.6. The van der Waals surface area contributed by atoms with E-state index in [0.29, 0.717) is 16.4 Å². The molecule has 0 spiro atoms. The van der Waals surface area contributed by atoms with Gasteiger partial charge in [0.05, 0.1) is 34.9 Å². The third-order valence-electron chi connectivity index (χ3n) is 3.50. The molecule has 0 aliphatic carbocycles. The van der Waals surface area contributed by atoms with E-state index in [1.165, 1.54) is 12.3 Å². The van der Waals surface area contributed by atoms with Crippen molar-refractivity contribution in [1.82, 2.24) is 5.32 Å². The molecule has 2 rings (SSSR count). The minimum Gasteiger partial charge on any atom is -0.493 e. The summed E-state index contributed by atoms with van der Waals surface area (Å²) in [6.45, 7) is 0.0415. The Labute approximate surface area is 160 Å². The van der Waals surface area contributed by atoms with Gasteiger partial charge in [-0.05, 0) is 24.3 Å². The van der Waals surface area contributed by atoms with Crippen LogP contribution in [0, 0.1) is 0 Å². The zero-order valence-electron chi connectivity index (χ0n) is 15.1. The van der Waals surface area contributed by atoms with Gasteiger partial charge in [-0.1, -0.05) is 24.3 Å². The van der Waals surface area contributed by atoms with Crippen LogP contribution in [0.5, 0.6) is 11.5 Å². The van der Waals surface area contributed by atoms with Crippen molar-refractivity contribution >= 4 is 22.7 Å². The lowest BCUT2D eigenvalue weighted by Gasteiger charge is -2.11. The molecule has 0 aliphatic rings. The quantitative estimate of drug-likeness (QED) is 0.518. The minimum atomic E-state index is -1.33. The summed E-state index contributed by atoms with van der Waals surface area (Å²) in [6.07, 6.45) is 1.47. The zero-order valence-corrected chi connectivity index (χ0v) is 15.9. The van der Waals surface area contributed by atoms with Gasteiger partial charge in [0.2, 0.25) is 0 Å². The van der Waals surface area contributed by atoms with E-state index in [0.717, 1.165) is 0 Å². The van der Waals surface area contributed by atoms with Crippen LogP contribution in [-0.2, 0) is 20.3 Å². The van der Waals surface area contributed by atoms with Crippen molar-refractivity contribution in [2.24, 2.45) is 0 Å². The molecule has 0 radical (unpaired) electrons. The van der Waals surface area contributed by atoms with Crippen LogP contribution in [0.3, 0.4) is 0 Å². The van der Waals surface area contributed by atoms with Crippen LogP contribution in [0.25, 0.3) is 0 Å². The fourth-order valence-corrected chi connectivity index (χ4v) is 2.97. The van der Waals surface area contributed by atoms with Crippen LogP contribution in [-0.4, -0.2) is 49.2 Å². The molecular weight excluding hydrogens is 370 g/mol. The average Bonchev–Trinajstić information content (AvgIpc) is 2.69. The maximum Gasteiger partial charge on any atom is 0.339 e. The molecule has 0 fully saturated rings. The molecule has 0 unspecified atom stereocenters. The molecule has 0 aromatic heterocycles. The van der Waals surface area contributed by atoms with Crippen molar-refractivity contribution in [1.29, 1.82) is 0 Å². The van der Waals surface area contributed by atoms with Gasteiger partial charge in [-0.2, -0.15) is 0 Å². The van der Waals surface area contributed by atoms with Gasteiger partial charge in [0.25, 0.3) is 5.91 Å². The van der Waals surface area contributed by atoms with Gasteiger partial charge < -0.3 is 19.5 Å². The number of benzene rings is 2. The summed E-state index contributed by atoms with van der Waals surface area (Å²) in [7, 11) is 0.215. The molecule has 2 aromatic carbocycles. The van der Waals surface area contributed by atoms with E-state index in [9.17, 15) is 13.8 Å². The van der Waals surface area contributed by atoms with Crippen LogP contribution in [0.15, 0.2) is 53.4 Å². The van der Waals surface area contributed by atoms with Crippen LogP contribution >= 0.6 is 0 Å². The molecule has 27 heavy (non-hydrogen) atoms. The normalized spacial score (nSPS) is 11.3. The van der Waals surface area contributed by atoms with Gasteiger partial charge in [0.1, 0.15) is 6.61 Å². The molecule has 0 bridgehead atoms. The number of carbonyl (C=O) groups excluding carboxylic acids is 2. The Balaban J connectivity index is 1.75. The first-order chi connectivity index (χ1) is 13.0. The highest BCUT2D eigenvalue weighted by molar-refractivity contribution is 7.84. The summed E-state index contributed by atoms with van der Waals surface area (Å²) >= 11 is 0.